The number of halogens is 3. The van der Waals surface area contributed by atoms with Crippen molar-refractivity contribution in [2.24, 2.45) is 4.99 Å². The van der Waals surface area contributed by atoms with Crippen molar-refractivity contribution < 1.29 is 17.9 Å². The largest absolute Gasteiger partial charge is 0.494 e. The summed E-state index contributed by atoms with van der Waals surface area (Å²) in [6.07, 6.45) is -4.43. The molecule has 1 aromatic carbocycles. The van der Waals surface area contributed by atoms with E-state index in [0.717, 1.165) is 18.2 Å². The second-order valence-corrected chi connectivity index (χ2v) is 2.61. The molecule has 0 atom stereocenters. The third-order valence-electron chi connectivity index (χ3n) is 1.68. The highest BCUT2D eigenvalue weighted by Gasteiger charge is 2.31. The van der Waals surface area contributed by atoms with Crippen LogP contribution in [0.25, 0.3) is 0 Å². The maximum atomic E-state index is 12.3. The van der Waals surface area contributed by atoms with E-state index >= 15 is 0 Å². The Morgan fingerprint density at radius 3 is 2.53 bits per heavy atom. The van der Waals surface area contributed by atoms with Crippen molar-refractivity contribution in [2.45, 2.75) is 6.18 Å². The summed E-state index contributed by atoms with van der Waals surface area (Å²) in [6, 6.07) is 4.51. The van der Waals surface area contributed by atoms with Crippen LogP contribution < -0.4 is 4.74 Å². The molecule has 3 nitrogen and oxygen atoms in total. The maximum absolute atomic E-state index is 12.3. The zero-order valence-corrected chi connectivity index (χ0v) is 7.72. The molecule has 0 aromatic heterocycles. The van der Waals surface area contributed by atoms with Crippen molar-refractivity contribution in [1.82, 2.24) is 0 Å². The van der Waals surface area contributed by atoms with Gasteiger partial charge in [0.25, 0.3) is 0 Å². The number of aliphatic imine (C=N–C) groups is 1. The van der Waals surface area contributed by atoms with Crippen molar-refractivity contribution >= 4 is 11.7 Å². The number of nitrogens with zero attached hydrogens (tertiary/aromatic N) is 1. The third-order valence-corrected chi connectivity index (χ3v) is 1.68. The van der Waals surface area contributed by atoms with Gasteiger partial charge in [0.05, 0.1) is 18.7 Å². The topological polar surface area (TPSA) is 45.4 Å². The van der Waals surface area contributed by atoms with Crippen molar-refractivity contribution in [3.8, 4) is 5.75 Å². The van der Waals surface area contributed by atoms with E-state index in [-0.39, 0.29) is 11.4 Å². The van der Waals surface area contributed by atoms with Crippen molar-refractivity contribution in [2.75, 3.05) is 7.11 Å². The Labute approximate surface area is 83.7 Å². The highest BCUT2D eigenvalue weighted by molar-refractivity contribution is 5.59. The number of alkyl halides is 3. The Hall–Kier alpha value is -1.81. The summed E-state index contributed by atoms with van der Waals surface area (Å²) in [5.41, 5.74) is -0.903. The summed E-state index contributed by atoms with van der Waals surface area (Å²) in [5.74, 6) is 0.169. The van der Waals surface area contributed by atoms with Gasteiger partial charge in [-0.15, -0.1) is 0 Å². The second-order valence-electron chi connectivity index (χ2n) is 2.61. The zero-order chi connectivity index (χ0) is 11.5. The lowest BCUT2D eigenvalue weighted by molar-refractivity contribution is -0.137. The first-order valence-corrected chi connectivity index (χ1v) is 3.86. The number of hydrogen-bond donors (Lipinski definition) is 1. The summed E-state index contributed by atoms with van der Waals surface area (Å²) in [5, 5.41) is 6.58. The van der Waals surface area contributed by atoms with Crippen LogP contribution in [0.4, 0.5) is 18.9 Å². The minimum Gasteiger partial charge on any atom is -0.494 e. The number of benzene rings is 1. The van der Waals surface area contributed by atoms with Crippen LogP contribution in [0.2, 0.25) is 0 Å². The second kappa shape index (κ2) is 4.14. The number of nitrogens with one attached hydrogen (secondary N) is 1. The number of ether oxygens (including phenoxy) is 1. The van der Waals surface area contributed by atoms with E-state index in [1.54, 1.807) is 6.01 Å². The Morgan fingerprint density at radius 2 is 2.07 bits per heavy atom. The summed E-state index contributed by atoms with van der Waals surface area (Å²) in [6.45, 7) is 0. The van der Waals surface area contributed by atoms with Gasteiger partial charge in [0.15, 0.2) is 0 Å². The number of methoxy groups -OCH3 is 1. The van der Waals surface area contributed by atoms with E-state index in [1.807, 2.05) is 0 Å². The quantitative estimate of drug-likeness (QED) is 0.758. The van der Waals surface area contributed by atoms with E-state index < -0.39 is 11.7 Å². The fourth-order valence-electron chi connectivity index (χ4n) is 1.01. The van der Waals surface area contributed by atoms with E-state index in [0.29, 0.717) is 0 Å². The first-order chi connectivity index (χ1) is 6.99. The molecule has 0 amide bonds. The molecule has 0 aliphatic rings. The smallest absolute Gasteiger partial charge is 0.416 e. The Kier molecular flexibility index (Phi) is 3.11. The van der Waals surface area contributed by atoms with Gasteiger partial charge >= 0.3 is 6.18 Å². The van der Waals surface area contributed by atoms with Crippen LogP contribution in [0, 0.1) is 5.41 Å². The molecular weight excluding hydrogens is 209 g/mol. The molecule has 0 fully saturated rings. The van der Waals surface area contributed by atoms with Crippen LogP contribution in [-0.4, -0.2) is 13.1 Å². The molecule has 1 rings (SSSR count). The number of rotatable bonds is 2. The molecule has 1 aromatic rings. The van der Waals surface area contributed by atoms with Crippen molar-refractivity contribution in [1.29, 1.82) is 5.41 Å². The summed E-state index contributed by atoms with van der Waals surface area (Å²) in [7, 11) is 1.31. The highest BCUT2D eigenvalue weighted by Crippen LogP contribution is 2.35. The molecule has 0 bridgehead atoms. The predicted octanol–water partition coefficient (Wildman–Crippen LogP) is 3.10. The van der Waals surface area contributed by atoms with Gasteiger partial charge in [-0.1, -0.05) is 0 Å². The predicted molar refractivity (Wildman–Crippen MR) is 47.8 cm³/mol. The number of hydrogen-bond acceptors (Lipinski definition) is 3. The molecule has 0 aliphatic heterocycles. The molecule has 0 heterocycles. The SMILES string of the molecule is COc1ccc(C(F)(F)F)cc1N=C=N. The average Bonchev–Trinajstić information content (AvgIpc) is 2.17. The van der Waals surface area contributed by atoms with Gasteiger partial charge in [-0.2, -0.15) is 18.2 Å². The first kappa shape index (κ1) is 11.3. The fourth-order valence-corrected chi connectivity index (χ4v) is 1.01. The van der Waals surface area contributed by atoms with E-state index in [1.165, 1.54) is 7.11 Å². The lowest BCUT2D eigenvalue weighted by Crippen LogP contribution is -2.04. The van der Waals surface area contributed by atoms with Crippen LogP contribution in [0.5, 0.6) is 5.75 Å². The van der Waals surface area contributed by atoms with Gasteiger partial charge in [-0.25, -0.2) is 5.41 Å². The van der Waals surface area contributed by atoms with Crippen molar-refractivity contribution in [3.63, 3.8) is 0 Å². The normalized spacial score (nSPS) is 10.7. The summed E-state index contributed by atoms with van der Waals surface area (Å²) >= 11 is 0. The van der Waals surface area contributed by atoms with Gasteiger partial charge in [0, 0.05) is 0 Å². The fraction of sp³-hybridized carbons (Fsp3) is 0.222. The maximum Gasteiger partial charge on any atom is 0.416 e. The van der Waals surface area contributed by atoms with E-state index in [2.05, 4.69) is 4.99 Å². The minimum absolute atomic E-state index is 0.0673. The van der Waals surface area contributed by atoms with Crippen LogP contribution in [0.3, 0.4) is 0 Å². The van der Waals surface area contributed by atoms with Crippen LogP contribution >= 0.6 is 0 Å². The molecule has 80 valence electrons. The van der Waals surface area contributed by atoms with Gasteiger partial charge in [-0.05, 0) is 18.2 Å². The Bertz CT molecular complexity index is 408. The molecule has 0 unspecified atom stereocenters. The van der Waals surface area contributed by atoms with E-state index in [9.17, 15) is 13.2 Å². The Balaban J connectivity index is 3.28. The molecule has 15 heavy (non-hydrogen) atoms. The molecular formula is C9H7F3N2O. The van der Waals surface area contributed by atoms with Gasteiger partial charge in [-0.3, -0.25) is 0 Å². The van der Waals surface area contributed by atoms with E-state index in [4.69, 9.17) is 10.1 Å². The minimum atomic E-state index is -4.43. The summed E-state index contributed by atoms with van der Waals surface area (Å²) in [4.78, 5) is 3.34. The molecule has 0 radical (unpaired) electrons. The molecule has 0 saturated carbocycles. The first-order valence-electron chi connectivity index (χ1n) is 3.86. The lowest BCUT2D eigenvalue weighted by Gasteiger charge is -2.09. The zero-order valence-electron chi connectivity index (χ0n) is 7.72. The molecule has 0 saturated heterocycles. The van der Waals surface area contributed by atoms with Crippen LogP contribution in [0.15, 0.2) is 23.2 Å². The molecule has 0 aliphatic carbocycles. The molecule has 1 N–H and O–H groups in total. The lowest BCUT2D eigenvalue weighted by atomic mass is 10.2. The average molecular weight is 216 g/mol. The third kappa shape index (κ3) is 2.57. The molecule has 0 spiro atoms. The van der Waals surface area contributed by atoms with Crippen molar-refractivity contribution in [3.05, 3.63) is 23.8 Å². The standard InChI is InChI=1S/C9H7F3N2O/c1-15-8-3-2-6(9(10,11)12)4-7(8)14-5-13/h2-4,13H,1H3. The molecule has 6 heteroatoms. The summed E-state index contributed by atoms with van der Waals surface area (Å²) < 4.78 is 41.7. The van der Waals surface area contributed by atoms with Gasteiger partial charge in [0.2, 0.25) is 0 Å². The highest BCUT2D eigenvalue weighted by atomic mass is 19.4. The van der Waals surface area contributed by atoms with Crippen LogP contribution in [0.1, 0.15) is 5.56 Å². The Morgan fingerprint density at radius 1 is 1.40 bits per heavy atom. The van der Waals surface area contributed by atoms with Gasteiger partial charge < -0.3 is 4.74 Å². The monoisotopic (exact) mass is 216 g/mol. The van der Waals surface area contributed by atoms with Crippen LogP contribution in [-0.2, 0) is 6.18 Å². The van der Waals surface area contributed by atoms with Gasteiger partial charge in [0.1, 0.15) is 11.4 Å².